The van der Waals surface area contributed by atoms with Crippen LogP contribution in [-0.2, 0) is 0 Å². The quantitative estimate of drug-likeness (QED) is 0.760. The lowest BCUT2D eigenvalue weighted by Gasteiger charge is -2.05. The van der Waals surface area contributed by atoms with E-state index in [9.17, 15) is 4.79 Å². The number of nitrogens with zero attached hydrogens (tertiary/aromatic N) is 1. The fraction of sp³-hybridized carbons (Fsp3) is 0. The minimum absolute atomic E-state index is 0.239. The highest BCUT2D eigenvalue weighted by molar-refractivity contribution is 7.13. The van der Waals surface area contributed by atoms with Crippen LogP contribution in [0, 0.1) is 0 Å². The van der Waals surface area contributed by atoms with Gasteiger partial charge in [-0.2, -0.15) is 0 Å². The molecule has 0 saturated carbocycles. The van der Waals surface area contributed by atoms with E-state index in [2.05, 4.69) is 10.3 Å². The van der Waals surface area contributed by atoms with E-state index >= 15 is 0 Å². The molecule has 2 aromatic carbocycles. The molecule has 0 aliphatic heterocycles. The first-order valence-electron chi connectivity index (χ1n) is 6.30. The van der Waals surface area contributed by atoms with Crippen molar-refractivity contribution in [2.24, 2.45) is 0 Å². The molecule has 0 atom stereocenters. The van der Waals surface area contributed by atoms with E-state index in [1.807, 2.05) is 30.3 Å². The van der Waals surface area contributed by atoms with Crippen molar-refractivity contribution in [3.8, 4) is 10.4 Å². The smallest absolute Gasteiger partial charge is 0.275 e. The minimum Gasteiger partial charge on any atom is -0.321 e. The van der Waals surface area contributed by atoms with Gasteiger partial charge in [0.1, 0.15) is 5.69 Å². The van der Waals surface area contributed by atoms with Crippen LogP contribution in [-0.4, -0.2) is 10.9 Å². The molecule has 104 valence electrons. The van der Waals surface area contributed by atoms with Gasteiger partial charge in [-0.05, 0) is 23.8 Å². The van der Waals surface area contributed by atoms with Crippen molar-refractivity contribution >= 4 is 34.5 Å². The van der Waals surface area contributed by atoms with E-state index in [1.165, 1.54) is 11.3 Å². The van der Waals surface area contributed by atoms with Crippen molar-refractivity contribution < 1.29 is 4.79 Å². The predicted molar refractivity (Wildman–Crippen MR) is 87.0 cm³/mol. The molecule has 0 aliphatic carbocycles. The number of halogens is 1. The maximum atomic E-state index is 12.4. The van der Waals surface area contributed by atoms with Gasteiger partial charge in [-0.1, -0.05) is 48.0 Å². The zero-order chi connectivity index (χ0) is 14.7. The van der Waals surface area contributed by atoms with Crippen molar-refractivity contribution in [2.45, 2.75) is 0 Å². The van der Waals surface area contributed by atoms with Crippen LogP contribution in [0.25, 0.3) is 10.4 Å². The molecule has 5 heteroatoms. The molecule has 0 bridgehead atoms. The van der Waals surface area contributed by atoms with E-state index in [-0.39, 0.29) is 5.91 Å². The Bertz CT molecular complexity index is 771. The maximum Gasteiger partial charge on any atom is 0.275 e. The summed E-state index contributed by atoms with van der Waals surface area (Å²) >= 11 is 7.36. The standard InChI is InChI=1S/C16H11ClN2OS/c17-12-7-4-8-13(9-12)19-16(20)14-15(21-10-18-14)11-5-2-1-3-6-11/h1-10H,(H,19,20). The molecule has 0 unspecified atom stereocenters. The summed E-state index contributed by atoms with van der Waals surface area (Å²) in [5.74, 6) is -0.239. The third-order valence-corrected chi connectivity index (χ3v) is 4.01. The molecule has 3 aromatic rings. The van der Waals surface area contributed by atoms with Gasteiger partial charge >= 0.3 is 0 Å². The number of aromatic nitrogens is 1. The van der Waals surface area contributed by atoms with E-state index in [0.29, 0.717) is 16.4 Å². The summed E-state index contributed by atoms with van der Waals surface area (Å²) in [6, 6.07) is 16.8. The summed E-state index contributed by atoms with van der Waals surface area (Å²) in [4.78, 5) is 17.4. The number of hydrogen-bond donors (Lipinski definition) is 1. The molecule has 1 N–H and O–H groups in total. The highest BCUT2D eigenvalue weighted by Crippen LogP contribution is 2.28. The second-order valence-corrected chi connectivity index (χ2v) is 5.65. The maximum absolute atomic E-state index is 12.4. The average Bonchev–Trinajstić information content (AvgIpc) is 2.98. The van der Waals surface area contributed by atoms with E-state index in [0.717, 1.165) is 10.4 Å². The number of rotatable bonds is 3. The summed E-state index contributed by atoms with van der Waals surface area (Å²) in [6.45, 7) is 0. The van der Waals surface area contributed by atoms with Crippen molar-refractivity contribution in [1.29, 1.82) is 0 Å². The molecule has 0 saturated heterocycles. The summed E-state index contributed by atoms with van der Waals surface area (Å²) in [6.07, 6.45) is 0. The van der Waals surface area contributed by atoms with Gasteiger partial charge in [0, 0.05) is 10.7 Å². The molecule has 3 nitrogen and oxygen atoms in total. The Hall–Kier alpha value is -2.17. The van der Waals surface area contributed by atoms with Gasteiger partial charge in [0.05, 0.1) is 10.4 Å². The highest BCUT2D eigenvalue weighted by atomic mass is 35.5. The van der Waals surface area contributed by atoms with Crippen molar-refractivity contribution in [3.05, 3.63) is 70.8 Å². The number of thiazole rings is 1. The van der Waals surface area contributed by atoms with Crippen LogP contribution in [0.2, 0.25) is 5.02 Å². The Labute approximate surface area is 131 Å². The lowest BCUT2D eigenvalue weighted by molar-refractivity contribution is 0.102. The lowest BCUT2D eigenvalue weighted by Crippen LogP contribution is -2.13. The highest BCUT2D eigenvalue weighted by Gasteiger charge is 2.16. The summed E-state index contributed by atoms with van der Waals surface area (Å²) < 4.78 is 0. The van der Waals surface area contributed by atoms with Crippen LogP contribution in [0.4, 0.5) is 5.69 Å². The molecule has 0 radical (unpaired) electrons. The SMILES string of the molecule is O=C(Nc1cccc(Cl)c1)c1ncsc1-c1ccccc1. The number of nitrogens with one attached hydrogen (secondary N) is 1. The molecule has 3 rings (SSSR count). The van der Waals surface area contributed by atoms with Crippen molar-refractivity contribution in [3.63, 3.8) is 0 Å². The summed E-state index contributed by atoms with van der Waals surface area (Å²) in [5, 5.41) is 3.39. The zero-order valence-corrected chi connectivity index (χ0v) is 12.5. The predicted octanol–water partition coefficient (Wildman–Crippen LogP) is 4.72. The average molecular weight is 315 g/mol. The molecule has 1 heterocycles. The third-order valence-electron chi connectivity index (χ3n) is 2.90. The van der Waals surface area contributed by atoms with Crippen molar-refractivity contribution in [2.75, 3.05) is 5.32 Å². The number of hydrogen-bond acceptors (Lipinski definition) is 3. The normalized spacial score (nSPS) is 10.3. The first kappa shape index (κ1) is 13.8. The molecule has 0 spiro atoms. The van der Waals surface area contributed by atoms with Gasteiger partial charge in [0.2, 0.25) is 0 Å². The first-order valence-corrected chi connectivity index (χ1v) is 7.55. The van der Waals surface area contributed by atoms with Gasteiger partial charge in [-0.25, -0.2) is 4.98 Å². The summed E-state index contributed by atoms with van der Waals surface area (Å²) in [5.41, 5.74) is 3.73. The molecule has 1 amide bonds. The van der Waals surface area contributed by atoms with Crippen molar-refractivity contribution in [1.82, 2.24) is 4.98 Å². The van der Waals surface area contributed by atoms with Crippen LogP contribution >= 0.6 is 22.9 Å². The van der Waals surface area contributed by atoms with E-state index in [4.69, 9.17) is 11.6 Å². The number of anilines is 1. The minimum atomic E-state index is -0.239. The number of benzene rings is 2. The third kappa shape index (κ3) is 3.12. The van der Waals surface area contributed by atoms with Crippen LogP contribution in [0.3, 0.4) is 0 Å². The second kappa shape index (κ2) is 6.08. The van der Waals surface area contributed by atoms with Gasteiger partial charge in [0.15, 0.2) is 0 Å². The molecular formula is C16H11ClN2OS. The largest absolute Gasteiger partial charge is 0.321 e. The van der Waals surface area contributed by atoms with Crippen LogP contribution in [0.15, 0.2) is 60.1 Å². The Kier molecular flexibility index (Phi) is 3.99. The molecule has 21 heavy (non-hydrogen) atoms. The number of carbonyl (C=O) groups is 1. The Balaban J connectivity index is 1.88. The number of carbonyl (C=O) groups excluding carboxylic acids is 1. The van der Waals surface area contributed by atoms with E-state index < -0.39 is 0 Å². The first-order chi connectivity index (χ1) is 10.2. The lowest BCUT2D eigenvalue weighted by atomic mass is 10.1. The summed E-state index contributed by atoms with van der Waals surface area (Å²) in [7, 11) is 0. The molecule has 0 aliphatic rings. The van der Waals surface area contributed by atoms with Crippen LogP contribution < -0.4 is 5.32 Å². The van der Waals surface area contributed by atoms with Gasteiger partial charge < -0.3 is 5.32 Å². The van der Waals surface area contributed by atoms with Crippen LogP contribution in [0.5, 0.6) is 0 Å². The fourth-order valence-corrected chi connectivity index (χ4v) is 2.94. The molecule has 1 aromatic heterocycles. The Morgan fingerprint density at radius 1 is 1.10 bits per heavy atom. The second-order valence-electron chi connectivity index (χ2n) is 4.36. The fourth-order valence-electron chi connectivity index (χ4n) is 1.96. The Morgan fingerprint density at radius 2 is 1.90 bits per heavy atom. The zero-order valence-electron chi connectivity index (χ0n) is 10.9. The van der Waals surface area contributed by atoms with E-state index in [1.54, 1.807) is 29.8 Å². The molecular weight excluding hydrogens is 304 g/mol. The monoisotopic (exact) mass is 314 g/mol. The van der Waals surface area contributed by atoms with Crippen LogP contribution in [0.1, 0.15) is 10.5 Å². The van der Waals surface area contributed by atoms with Gasteiger partial charge in [-0.3, -0.25) is 4.79 Å². The van der Waals surface area contributed by atoms with Gasteiger partial charge in [-0.15, -0.1) is 11.3 Å². The van der Waals surface area contributed by atoms with Gasteiger partial charge in [0.25, 0.3) is 5.91 Å². The number of amides is 1. The molecule has 0 fully saturated rings. The Morgan fingerprint density at radius 3 is 2.67 bits per heavy atom. The topological polar surface area (TPSA) is 42.0 Å².